The lowest BCUT2D eigenvalue weighted by atomic mass is 9.77. The van der Waals surface area contributed by atoms with E-state index in [0.717, 1.165) is 59.2 Å². The molecule has 3 unspecified atom stereocenters. The summed E-state index contributed by atoms with van der Waals surface area (Å²) in [6, 6.07) is 12.8. The lowest BCUT2D eigenvalue weighted by Gasteiger charge is -2.48. The molecule has 2 aliphatic heterocycles. The molecule has 0 radical (unpaired) electrons. The summed E-state index contributed by atoms with van der Waals surface area (Å²) >= 11 is 0. The fourth-order valence-electron chi connectivity index (χ4n) is 6.91. The molecular formula is C32H40N2O4. The van der Waals surface area contributed by atoms with Crippen LogP contribution in [-0.4, -0.2) is 40.1 Å². The molecule has 3 atom stereocenters. The molecule has 2 fully saturated rings. The highest BCUT2D eigenvalue weighted by Gasteiger charge is 2.51. The van der Waals surface area contributed by atoms with Gasteiger partial charge in [0.05, 0.1) is 12.6 Å². The van der Waals surface area contributed by atoms with Crippen LogP contribution in [0.2, 0.25) is 0 Å². The normalized spacial score (nSPS) is 23.6. The lowest BCUT2D eigenvalue weighted by Crippen LogP contribution is -2.49. The second kappa shape index (κ2) is 9.57. The number of hydrogen-bond donors (Lipinski definition) is 0. The molecular weight excluding hydrogens is 476 g/mol. The van der Waals surface area contributed by atoms with Crippen LogP contribution < -0.4 is 4.74 Å². The van der Waals surface area contributed by atoms with E-state index < -0.39 is 5.60 Å². The number of hydrogen-bond acceptors (Lipinski definition) is 5. The maximum Gasteiger partial charge on any atom is 0.419 e. The largest absolute Gasteiger partial charge is 0.496 e. The molecule has 2 aliphatic rings. The Labute approximate surface area is 225 Å². The SMILES string of the molecule is COc1cc(C)c2c(ccn2C(=O)OC(C)(C)C)c1CN1C2CCC1(c1ccc(C(C)=O)cc1)CC(C)C2. The Hall–Kier alpha value is -3.12. The van der Waals surface area contributed by atoms with Crippen molar-refractivity contribution in [3.8, 4) is 5.75 Å². The lowest BCUT2D eigenvalue weighted by molar-refractivity contribution is 0.0182. The number of ketones is 1. The number of Topliss-reactive ketones (excluding diaryl/α,β-unsaturated/α-hetero) is 1. The van der Waals surface area contributed by atoms with Gasteiger partial charge in [-0.25, -0.2) is 4.79 Å². The van der Waals surface area contributed by atoms with Gasteiger partial charge in [-0.05, 0) is 89.5 Å². The van der Waals surface area contributed by atoms with Gasteiger partial charge in [0, 0.05) is 40.8 Å². The summed E-state index contributed by atoms with van der Waals surface area (Å²) in [5, 5.41) is 1.02. The minimum atomic E-state index is -0.578. The van der Waals surface area contributed by atoms with Crippen LogP contribution in [0, 0.1) is 12.8 Å². The number of carbonyl (C=O) groups excluding carboxylic acids is 2. The minimum absolute atomic E-state index is 0.0897. The van der Waals surface area contributed by atoms with E-state index in [1.54, 1.807) is 18.6 Å². The van der Waals surface area contributed by atoms with Gasteiger partial charge in [-0.2, -0.15) is 0 Å². The molecule has 2 aromatic carbocycles. The summed E-state index contributed by atoms with van der Waals surface area (Å²) in [5.74, 6) is 1.56. The number of carbonyl (C=O) groups is 2. The highest BCUT2D eigenvalue weighted by Crippen LogP contribution is 2.53. The van der Waals surface area contributed by atoms with Crippen molar-refractivity contribution in [3.05, 3.63) is 64.8 Å². The molecule has 6 heteroatoms. The first kappa shape index (κ1) is 26.5. The molecule has 202 valence electrons. The van der Waals surface area contributed by atoms with Crippen LogP contribution in [0.15, 0.2) is 42.6 Å². The Morgan fingerprint density at radius 2 is 1.84 bits per heavy atom. The third kappa shape index (κ3) is 4.53. The molecule has 0 spiro atoms. The van der Waals surface area contributed by atoms with Crippen molar-refractivity contribution < 1.29 is 19.1 Å². The Morgan fingerprint density at radius 3 is 2.47 bits per heavy atom. The highest BCUT2D eigenvalue weighted by atomic mass is 16.6. The van der Waals surface area contributed by atoms with Crippen LogP contribution in [0.25, 0.3) is 10.9 Å². The molecule has 38 heavy (non-hydrogen) atoms. The molecule has 0 N–H and O–H groups in total. The van der Waals surface area contributed by atoms with E-state index in [9.17, 15) is 9.59 Å². The monoisotopic (exact) mass is 516 g/mol. The molecule has 0 amide bonds. The molecule has 2 saturated heterocycles. The van der Waals surface area contributed by atoms with E-state index in [1.807, 2.05) is 58.2 Å². The minimum Gasteiger partial charge on any atom is -0.496 e. The van der Waals surface area contributed by atoms with Crippen molar-refractivity contribution in [3.63, 3.8) is 0 Å². The molecule has 6 nitrogen and oxygen atoms in total. The van der Waals surface area contributed by atoms with E-state index in [0.29, 0.717) is 12.0 Å². The zero-order valence-electron chi connectivity index (χ0n) is 23.8. The third-order valence-electron chi connectivity index (χ3n) is 8.44. The number of nitrogens with zero attached hydrogens (tertiary/aromatic N) is 2. The van der Waals surface area contributed by atoms with Gasteiger partial charge >= 0.3 is 6.09 Å². The van der Waals surface area contributed by atoms with Crippen LogP contribution in [0.4, 0.5) is 4.79 Å². The predicted molar refractivity (Wildman–Crippen MR) is 150 cm³/mol. The number of fused-ring (bicyclic) bond motifs is 3. The number of benzene rings is 2. The predicted octanol–water partition coefficient (Wildman–Crippen LogP) is 7.23. The summed E-state index contributed by atoms with van der Waals surface area (Å²) in [6.45, 7) is 12.4. The van der Waals surface area contributed by atoms with E-state index in [1.165, 1.54) is 12.0 Å². The van der Waals surface area contributed by atoms with Gasteiger partial charge < -0.3 is 9.47 Å². The fraction of sp³-hybridized carbons (Fsp3) is 0.500. The second-order valence-corrected chi connectivity index (χ2v) is 12.3. The average Bonchev–Trinajstić information content (AvgIpc) is 3.38. The summed E-state index contributed by atoms with van der Waals surface area (Å²) in [5.41, 5.74) is 4.31. The van der Waals surface area contributed by atoms with E-state index in [2.05, 4.69) is 24.0 Å². The Balaban J connectivity index is 1.59. The molecule has 3 heterocycles. The standard InChI is InChI=1S/C32H40N2O4/c1-20-16-25-12-14-32(18-20,24-10-8-23(9-11-24)22(3)35)34(25)19-27-26-13-15-33(30(36)38-31(4,5)6)29(26)21(2)17-28(27)37-7/h8-11,13,15,17,20,25H,12,14,16,18-19H2,1-7H3. The first-order chi connectivity index (χ1) is 17.9. The van der Waals surface area contributed by atoms with E-state index in [4.69, 9.17) is 9.47 Å². The summed E-state index contributed by atoms with van der Waals surface area (Å²) in [7, 11) is 1.72. The van der Waals surface area contributed by atoms with Crippen LogP contribution in [0.1, 0.15) is 87.4 Å². The summed E-state index contributed by atoms with van der Waals surface area (Å²) in [4.78, 5) is 27.7. The van der Waals surface area contributed by atoms with E-state index >= 15 is 0 Å². The number of aryl methyl sites for hydroxylation is 1. The molecule has 0 aliphatic carbocycles. The van der Waals surface area contributed by atoms with Crippen molar-refractivity contribution in [2.24, 2.45) is 5.92 Å². The Morgan fingerprint density at radius 1 is 1.13 bits per heavy atom. The maximum absolute atomic E-state index is 13.1. The van der Waals surface area contributed by atoms with Gasteiger partial charge in [-0.15, -0.1) is 0 Å². The van der Waals surface area contributed by atoms with Crippen molar-refractivity contribution in [2.45, 2.75) is 91.0 Å². The average molecular weight is 517 g/mol. The van der Waals surface area contributed by atoms with Crippen LogP contribution in [0.3, 0.4) is 0 Å². The van der Waals surface area contributed by atoms with Gasteiger partial charge in [0.2, 0.25) is 0 Å². The first-order valence-corrected chi connectivity index (χ1v) is 13.7. The summed E-state index contributed by atoms with van der Waals surface area (Å²) < 4.78 is 13.3. The molecule has 3 aromatic rings. The highest BCUT2D eigenvalue weighted by molar-refractivity contribution is 5.95. The third-order valence-corrected chi connectivity index (χ3v) is 8.44. The number of aromatic nitrogens is 1. The second-order valence-electron chi connectivity index (χ2n) is 12.3. The quantitative estimate of drug-likeness (QED) is 0.335. The van der Waals surface area contributed by atoms with Gasteiger partial charge in [-0.1, -0.05) is 31.2 Å². The zero-order chi connectivity index (χ0) is 27.4. The van der Waals surface area contributed by atoms with Crippen molar-refractivity contribution in [1.82, 2.24) is 9.47 Å². The van der Waals surface area contributed by atoms with Gasteiger partial charge in [0.1, 0.15) is 11.4 Å². The molecule has 2 bridgehead atoms. The summed E-state index contributed by atoms with van der Waals surface area (Å²) in [6.07, 6.45) is 5.94. The van der Waals surface area contributed by atoms with Gasteiger partial charge in [0.15, 0.2) is 5.78 Å². The van der Waals surface area contributed by atoms with Crippen molar-refractivity contribution in [1.29, 1.82) is 0 Å². The van der Waals surface area contributed by atoms with Gasteiger partial charge in [-0.3, -0.25) is 14.3 Å². The fourth-order valence-corrected chi connectivity index (χ4v) is 6.91. The Bertz CT molecular complexity index is 1380. The van der Waals surface area contributed by atoms with Gasteiger partial charge in [0.25, 0.3) is 0 Å². The number of methoxy groups -OCH3 is 1. The van der Waals surface area contributed by atoms with Crippen LogP contribution in [-0.2, 0) is 16.8 Å². The number of piperidine rings is 1. The topological polar surface area (TPSA) is 60.8 Å². The Kier molecular flexibility index (Phi) is 6.67. The molecule has 1 aromatic heterocycles. The molecule has 5 rings (SSSR count). The van der Waals surface area contributed by atoms with Crippen molar-refractivity contribution in [2.75, 3.05) is 7.11 Å². The number of rotatable bonds is 5. The zero-order valence-corrected chi connectivity index (χ0v) is 23.8. The maximum atomic E-state index is 13.1. The van der Waals surface area contributed by atoms with E-state index in [-0.39, 0.29) is 17.4 Å². The first-order valence-electron chi connectivity index (χ1n) is 13.7. The van der Waals surface area contributed by atoms with Crippen LogP contribution >= 0.6 is 0 Å². The van der Waals surface area contributed by atoms with Crippen LogP contribution in [0.5, 0.6) is 5.75 Å². The van der Waals surface area contributed by atoms with Crippen molar-refractivity contribution >= 4 is 22.8 Å². The number of ether oxygens (including phenoxy) is 2. The molecule has 0 saturated carbocycles. The smallest absolute Gasteiger partial charge is 0.419 e.